The molecule has 1 heterocycles. The lowest BCUT2D eigenvalue weighted by molar-refractivity contribution is -0.0301. The van der Waals surface area contributed by atoms with Gasteiger partial charge >= 0.3 is 0 Å². The van der Waals surface area contributed by atoms with E-state index in [0.717, 1.165) is 19.7 Å². The van der Waals surface area contributed by atoms with Crippen LogP contribution in [-0.4, -0.2) is 37.4 Å². The van der Waals surface area contributed by atoms with E-state index in [-0.39, 0.29) is 6.10 Å². The Balaban J connectivity index is 2.10. The van der Waals surface area contributed by atoms with Crippen molar-refractivity contribution in [1.29, 1.82) is 0 Å². The van der Waals surface area contributed by atoms with Crippen molar-refractivity contribution in [3.63, 3.8) is 0 Å². The summed E-state index contributed by atoms with van der Waals surface area (Å²) in [6.45, 7) is 8.58. The molecule has 1 aromatic carbocycles. The van der Waals surface area contributed by atoms with Crippen molar-refractivity contribution in [1.82, 2.24) is 4.90 Å². The molecule has 100 valence electrons. The van der Waals surface area contributed by atoms with Gasteiger partial charge in [-0.05, 0) is 49.4 Å². The molecule has 18 heavy (non-hydrogen) atoms. The van der Waals surface area contributed by atoms with E-state index in [1.807, 2.05) is 0 Å². The van der Waals surface area contributed by atoms with Gasteiger partial charge in [0.25, 0.3) is 0 Å². The minimum Gasteiger partial charge on any atom is -0.371 e. The molecule has 2 nitrogen and oxygen atoms in total. The lowest BCUT2D eigenvalue weighted by Crippen LogP contribution is -2.38. The van der Waals surface area contributed by atoms with Gasteiger partial charge in [-0.15, -0.1) is 11.8 Å². The monoisotopic (exact) mass is 265 g/mol. The quantitative estimate of drug-likeness (QED) is 0.773. The van der Waals surface area contributed by atoms with Crippen LogP contribution in [0.5, 0.6) is 0 Å². The van der Waals surface area contributed by atoms with E-state index in [1.54, 1.807) is 11.8 Å². The van der Waals surface area contributed by atoms with Gasteiger partial charge in [-0.25, -0.2) is 0 Å². The van der Waals surface area contributed by atoms with Gasteiger partial charge in [0, 0.05) is 18.0 Å². The second-order valence-electron chi connectivity index (χ2n) is 4.88. The number of morpholine rings is 1. The summed E-state index contributed by atoms with van der Waals surface area (Å²) < 4.78 is 5.95. The van der Waals surface area contributed by atoms with E-state index in [4.69, 9.17) is 4.74 Å². The smallest absolute Gasteiger partial charge is 0.0954 e. The zero-order valence-electron chi connectivity index (χ0n) is 11.6. The highest BCUT2D eigenvalue weighted by atomic mass is 32.2. The zero-order chi connectivity index (χ0) is 13.0. The van der Waals surface area contributed by atoms with Gasteiger partial charge in [-0.1, -0.05) is 13.0 Å². The topological polar surface area (TPSA) is 12.5 Å². The third-order valence-electron chi connectivity index (χ3n) is 3.51. The molecule has 1 unspecified atom stereocenters. The standard InChI is InChI=1S/C15H23NOS/c1-4-7-16-8-9-17-15(11-16)14-6-5-13(18-3)10-12(14)2/h5-6,10,15H,4,7-9,11H2,1-3H3. The molecule has 0 radical (unpaired) electrons. The second kappa shape index (κ2) is 6.60. The Morgan fingerprint density at radius 3 is 2.94 bits per heavy atom. The summed E-state index contributed by atoms with van der Waals surface area (Å²) in [5, 5.41) is 0. The summed E-state index contributed by atoms with van der Waals surface area (Å²) in [5.74, 6) is 0. The third-order valence-corrected chi connectivity index (χ3v) is 4.24. The van der Waals surface area contributed by atoms with Gasteiger partial charge in [-0.2, -0.15) is 0 Å². The van der Waals surface area contributed by atoms with Crippen LogP contribution in [0.1, 0.15) is 30.6 Å². The molecule has 0 aliphatic carbocycles. The van der Waals surface area contributed by atoms with Gasteiger partial charge in [0.15, 0.2) is 0 Å². The SMILES string of the molecule is CCCN1CCOC(c2ccc(SC)cc2C)C1. The van der Waals surface area contributed by atoms with Crippen LogP contribution in [0.15, 0.2) is 23.1 Å². The van der Waals surface area contributed by atoms with Gasteiger partial charge in [0.2, 0.25) is 0 Å². The largest absolute Gasteiger partial charge is 0.371 e. The molecule has 1 saturated heterocycles. The van der Waals surface area contributed by atoms with Crippen LogP contribution in [0, 0.1) is 6.92 Å². The highest BCUT2D eigenvalue weighted by Gasteiger charge is 2.22. The first-order valence-corrected chi connectivity index (χ1v) is 7.95. The Bertz CT molecular complexity index is 392. The predicted octanol–water partition coefficient (Wildman–Crippen LogP) is 3.50. The number of hydrogen-bond donors (Lipinski definition) is 0. The Morgan fingerprint density at radius 1 is 1.44 bits per heavy atom. The summed E-state index contributed by atoms with van der Waals surface area (Å²) in [7, 11) is 0. The van der Waals surface area contributed by atoms with Crippen molar-refractivity contribution in [2.45, 2.75) is 31.3 Å². The number of hydrogen-bond acceptors (Lipinski definition) is 3. The average Bonchev–Trinajstić information content (AvgIpc) is 2.39. The van der Waals surface area contributed by atoms with E-state index in [0.29, 0.717) is 0 Å². The van der Waals surface area contributed by atoms with Crippen LogP contribution in [0.25, 0.3) is 0 Å². The van der Waals surface area contributed by atoms with Gasteiger partial charge in [0.1, 0.15) is 0 Å². The zero-order valence-corrected chi connectivity index (χ0v) is 12.4. The Kier molecular flexibility index (Phi) is 5.10. The molecule has 3 heteroatoms. The van der Waals surface area contributed by atoms with Gasteiger partial charge < -0.3 is 4.74 Å². The maximum atomic E-state index is 5.95. The third kappa shape index (κ3) is 3.28. The first-order valence-electron chi connectivity index (χ1n) is 6.73. The molecule has 2 rings (SSSR count). The maximum absolute atomic E-state index is 5.95. The second-order valence-corrected chi connectivity index (χ2v) is 5.76. The van der Waals surface area contributed by atoms with E-state index in [9.17, 15) is 0 Å². The molecular formula is C15H23NOS. The highest BCUT2D eigenvalue weighted by Crippen LogP contribution is 2.28. The Hall–Kier alpha value is -0.510. The number of thioether (sulfide) groups is 1. The number of ether oxygens (including phenoxy) is 1. The van der Waals surface area contributed by atoms with Crippen LogP contribution >= 0.6 is 11.8 Å². The predicted molar refractivity (Wildman–Crippen MR) is 78.4 cm³/mol. The molecule has 0 bridgehead atoms. The van der Waals surface area contributed by atoms with Crippen LogP contribution in [0.2, 0.25) is 0 Å². The van der Waals surface area contributed by atoms with Crippen molar-refractivity contribution < 1.29 is 4.74 Å². The summed E-state index contributed by atoms with van der Waals surface area (Å²) in [4.78, 5) is 3.84. The Morgan fingerprint density at radius 2 is 2.28 bits per heavy atom. The molecule has 0 aromatic heterocycles. The van der Waals surface area contributed by atoms with E-state index < -0.39 is 0 Å². The summed E-state index contributed by atoms with van der Waals surface area (Å²) in [5.41, 5.74) is 2.71. The first-order chi connectivity index (χ1) is 8.74. The molecule has 0 N–H and O–H groups in total. The molecule has 0 spiro atoms. The maximum Gasteiger partial charge on any atom is 0.0954 e. The summed E-state index contributed by atoms with van der Waals surface area (Å²) in [6.07, 6.45) is 3.59. The van der Waals surface area contributed by atoms with Crippen LogP contribution in [0.4, 0.5) is 0 Å². The Labute approximate surface area is 115 Å². The van der Waals surface area contributed by atoms with Crippen molar-refractivity contribution in [2.75, 3.05) is 32.5 Å². The van der Waals surface area contributed by atoms with Crippen LogP contribution in [-0.2, 0) is 4.74 Å². The van der Waals surface area contributed by atoms with Crippen LogP contribution in [0.3, 0.4) is 0 Å². The average molecular weight is 265 g/mol. The fraction of sp³-hybridized carbons (Fsp3) is 0.600. The molecule has 1 fully saturated rings. The van der Waals surface area contributed by atoms with Crippen LogP contribution < -0.4 is 0 Å². The molecule has 1 aromatic rings. The van der Waals surface area contributed by atoms with Crippen molar-refractivity contribution >= 4 is 11.8 Å². The minimum absolute atomic E-state index is 0.251. The molecule has 1 aliphatic rings. The van der Waals surface area contributed by atoms with Crippen molar-refractivity contribution in [2.24, 2.45) is 0 Å². The van der Waals surface area contributed by atoms with Gasteiger partial charge in [0.05, 0.1) is 12.7 Å². The normalized spacial score (nSPS) is 21.2. The molecule has 0 amide bonds. The fourth-order valence-electron chi connectivity index (χ4n) is 2.55. The fourth-order valence-corrected chi connectivity index (χ4v) is 3.05. The number of nitrogens with zero attached hydrogens (tertiary/aromatic N) is 1. The summed E-state index contributed by atoms with van der Waals surface area (Å²) in [6, 6.07) is 6.71. The van der Waals surface area contributed by atoms with E-state index in [1.165, 1.54) is 29.0 Å². The molecule has 1 aliphatic heterocycles. The lowest BCUT2D eigenvalue weighted by Gasteiger charge is -2.33. The molecule has 0 saturated carbocycles. The van der Waals surface area contributed by atoms with Crippen molar-refractivity contribution in [3.05, 3.63) is 29.3 Å². The summed E-state index contributed by atoms with van der Waals surface area (Å²) >= 11 is 1.80. The van der Waals surface area contributed by atoms with E-state index in [2.05, 4.69) is 43.2 Å². The minimum atomic E-state index is 0.251. The molecular weight excluding hydrogens is 242 g/mol. The number of rotatable bonds is 4. The number of benzene rings is 1. The number of aryl methyl sites for hydroxylation is 1. The molecule has 1 atom stereocenters. The van der Waals surface area contributed by atoms with E-state index >= 15 is 0 Å². The highest BCUT2D eigenvalue weighted by molar-refractivity contribution is 7.98. The van der Waals surface area contributed by atoms with Gasteiger partial charge in [-0.3, -0.25) is 4.90 Å². The van der Waals surface area contributed by atoms with Crippen molar-refractivity contribution in [3.8, 4) is 0 Å². The first kappa shape index (κ1) is 13.9. The lowest BCUT2D eigenvalue weighted by atomic mass is 10.0.